The van der Waals surface area contributed by atoms with Crippen molar-refractivity contribution in [3.63, 3.8) is 0 Å². The van der Waals surface area contributed by atoms with E-state index in [0.717, 1.165) is 17.6 Å². The zero-order valence-electron chi connectivity index (χ0n) is 15.8. The van der Waals surface area contributed by atoms with Crippen molar-refractivity contribution in [1.29, 1.82) is 0 Å². The molecule has 0 unspecified atom stereocenters. The Morgan fingerprint density at radius 2 is 1.77 bits per heavy atom. The van der Waals surface area contributed by atoms with E-state index in [2.05, 4.69) is 4.98 Å². The molecule has 1 heterocycles. The summed E-state index contributed by atoms with van der Waals surface area (Å²) in [6.07, 6.45) is 0. The Kier molecular flexibility index (Phi) is 5.05. The second-order valence-corrected chi connectivity index (χ2v) is 6.54. The van der Waals surface area contributed by atoms with Gasteiger partial charge in [-0.3, -0.25) is 0 Å². The topological polar surface area (TPSA) is 73.6 Å². The average molecular weight is 410 g/mol. The van der Waals surface area contributed by atoms with E-state index < -0.39 is 17.6 Å². The number of aromatic carboxylic acids is 1. The molecule has 1 N–H and O–H groups in total. The van der Waals surface area contributed by atoms with E-state index in [-0.39, 0.29) is 17.9 Å². The van der Waals surface area contributed by atoms with Crippen molar-refractivity contribution >= 4 is 17.0 Å². The van der Waals surface area contributed by atoms with Crippen LogP contribution < -0.4 is 9.47 Å². The van der Waals surface area contributed by atoms with Crippen molar-refractivity contribution in [2.75, 3.05) is 0 Å². The standard InChI is InChI=1S/C22H16F2N2O4/c1-26-20-11-16(30-15-5-7-17(23)18(24)10-15)6-8-19(20)25-21(26)12-29-14-4-2-3-13(9-14)22(27)28/h2-11H,12H2,1H3,(H,27,28). The Hall–Kier alpha value is -3.94. The van der Waals surface area contributed by atoms with Crippen molar-refractivity contribution in [2.24, 2.45) is 7.05 Å². The van der Waals surface area contributed by atoms with Crippen LogP contribution in [0.15, 0.2) is 60.7 Å². The molecule has 3 aromatic carbocycles. The first-order chi connectivity index (χ1) is 14.4. The summed E-state index contributed by atoms with van der Waals surface area (Å²) >= 11 is 0. The van der Waals surface area contributed by atoms with E-state index in [1.807, 2.05) is 11.6 Å². The number of halogens is 2. The highest BCUT2D eigenvalue weighted by atomic mass is 19.2. The SMILES string of the molecule is Cn1c(COc2cccc(C(=O)O)c2)nc2ccc(Oc3ccc(F)c(F)c3)cc21. The lowest BCUT2D eigenvalue weighted by molar-refractivity contribution is 0.0696. The number of aryl methyl sites for hydroxylation is 1. The van der Waals surface area contributed by atoms with Crippen LogP contribution in [0.2, 0.25) is 0 Å². The smallest absolute Gasteiger partial charge is 0.335 e. The summed E-state index contributed by atoms with van der Waals surface area (Å²) in [6, 6.07) is 14.7. The number of nitrogens with zero attached hydrogens (tertiary/aromatic N) is 2. The molecule has 0 aliphatic heterocycles. The van der Waals surface area contributed by atoms with Crippen LogP contribution in [0.3, 0.4) is 0 Å². The summed E-state index contributed by atoms with van der Waals surface area (Å²) in [4.78, 5) is 15.6. The molecule has 30 heavy (non-hydrogen) atoms. The monoisotopic (exact) mass is 410 g/mol. The highest BCUT2D eigenvalue weighted by Crippen LogP contribution is 2.27. The van der Waals surface area contributed by atoms with Gasteiger partial charge in [-0.05, 0) is 42.5 Å². The summed E-state index contributed by atoms with van der Waals surface area (Å²) < 4.78 is 39.6. The fourth-order valence-corrected chi connectivity index (χ4v) is 2.96. The predicted molar refractivity (Wildman–Crippen MR) is 105 cm³/mol. The molecule has 152 valence electrons. The van der Waals surface area contributed by atoms with Gasteiger partial charge in [0.25, 0.3) is 0 Å². The van der Waals surface area contributed by atoms with E-state index in [1.54, 1.807) is 30.3 Å². The van der Waals surface area contributed by atoms with E-state index in [9.17, 15) is 13.6 Å². The predicted octanol–water partition coefficient (Wildman–Crippen LogP) is 4.92. The summed E-state index contributed by atoms with van der Waals surface area (Å²) in [5, 5.41) is 9.07. The number of hydrogen-bond donors (Lipinski definition) is 1. The van der Waals surface area contributed by atoms with E-state index in [1.165, 1.54) is 18.2 Å². The van der Waals surface area contributed by atoms with Crippen LogP contribution in [-0.4, -0.2) is 20.6 Å². The summed E-state index contributed by atoms with van der Waals surface area (Å²) in [7, 11) is 1.81. The minimum absolute atomic E-state index is 0.133. The van der Waals surface area contributed by atoms with E-state index >= 15 is 0 Å². The third-order valence-electron chi connectivity index (χ3n) is 4.52. The lowest BCUT2D eigenvalue weighted by atomic mass is 10.2. The van der Waals surface area contributed by atoms with Gasteiger partial charge in [-0.15, -0.1) is 0 Å². The molecule has 1 aromatic heterocycles. The maximum Gasteiger partial charge on any atom is 0.335 e. The van der Waals surface area contributed by atoms with E-state index in [0.29, 0.717) is 22.8 Å². The van der Waals surface area contributed by atoms with Gasteiger partial charge in [0, 0.05) is 19.2 Å². The Bertz CT molecular complexity index is 1250. The molecular formula is C22H16F2N2O4. The van der Waals surface area contributed by atoms with Crippen LogP contribution >= 0.6 is 0 Å². The largest absolute Gasteiger partial charge is 0.486 e. The lowest BCUT2D eigenvalue weighted by Crippen LogP contribution is -2.04. The molecular weight excluding hydrogens is 394 g/mol. The van der Waals surface area contributed by atoms with Crippen molar-refractivity contribution in [1.82, 2.24) is 9.55 Å². The first-order valence-electron chi connectivity index (χ1n) is 8.95. The van der Waals surface area contributed by atoms with Gasteiger partial charge < -0.3 is 19.1 Å². The molecule has 0 amide bonds. The molecule has 0 atom stereocenters. The Morgan fingerprint density at radius 3 is 2.53 bits per heavy atom. The molecule has 0 aliphatic rings. The Balaban J connectivity index is 1.54. The maximum absolute atomic E-state index is 13.4. The van der Waals surface area contributed by atoms with Crippen LogP contribution in [0.1, 0.15) is 16.2 Å². The number of imidazole rings is 1. The number of carboxylic acid groups (broad SMARTS) is 1. The molecule has 4 aromatic rings. The van der Waals surface area contributed by atoms with Crippen LogP contribution in [0.5, 0.6) is 17.2 Å². The first-order valence-corrected chi connectivity index (χ1v) is 8.95. The van der Waals surface area contributed by atoms with Crippen molar-refractivity contribution in [3.05, 3.63) is 83.7 Å². The van der Waals surface area contributed by atoms with Gasteiger partial charge in [0.1, 0.15) is 29.7 Å². The van der Waals surface area contributed by atoms with Gasteiger partial charge in [0.2, 0.25) is 0 Å². The number of benzene rings is 3. The van der Waals surface area contributed by atoms with Gasteiger partial charge in [-0.2, -0.15) is 0 Å². The molecule has 0 aliphatic carbocycles. The molecule has 0 radical (unpaired) electrons. The zero-order valence-corrected chi connectivity index (χ0v) is 15.8. The van der Waals surface area contributed by atoms with E-state index in [4.69, 9.17) is 14.6 Å². The van der Waals surface area contributed by atoms with Gasteiger partial charge in [-0.25, -0.2) is 18.6 Å². The Labute approximate surface area is 169 Å². The number of carboxylic acids is 1. The van der Waals surface area contributed by atoms with Crippen LogP contribution in [-0.2, 0) is 13.7 Å². The maximum atomic E-state index is 13.4. The molecule has 6 nitrogen and oxygen atoms in total. The molecule has 0 bridgehead atoms. The number of ether oxygens (including phenoxy) is 2. The highest BCUT2D eigenvalue weighted by Gasteiger charge is 2.12. The summed E-state index contributed by atoms with van der Waals surface area (Å²) in [5.41, 5.74) is 1.59. The third kappa shape index (κ3) is 3.93. The van der Waals surface area contributed by atoms with Gasteiger partial charge in [0.05, 0.1) is 16.6 Å². The fourth-order valence-electron chi connectivity index (χ4n) is 2.96. The number of hydrogen-bond acceptors (Lipinski definition) is 4. The molecule has 8 heteroatoms. The van der Waals surface area contributed by atoms with Crippen molar-refractivity contribution in [2.45, 2.75) is 6.61 Å². The number of carbonyl (C=O) groups is 1. The number of rotatable bonds is 6. The third-order valence-corrected chi connectivity index (χ3v) is 4.52. The summed E-state index contributed by atoms with van der Waals surface area (Å²) in [5.74, 6) is -1.30. The summed E-state index contributed by atoms with van der Waals surface area (Å²) in [6.45, 7) is 0.133. The molecule has 0 saturated carbocycles. The first kappa shape index (κ1) is 19.4. The lowest BCUT2D eigenvalue weighted by Gasteiger charge is -2.08. The second kappa shape index (κ2) is 7.82. The van der Waals surface area contributed by atoms with Gasteiger partial charge in [0.15, 0.2) is 11.6 Å². The number of aromatic nitrogens is 2. The van der Waals surface area contributed by atoms with Crippen LogP contribution in [0.25, 0.3) is 11.0 Å². The van der Waals surface area contributed by atoms with Crippen LogP contribution in [0.4, 0.5) is 8.78 Å². The molecule has 4 rings (SSSR count). The van der Waals surface area contributed by atoms with Gasteiger partial charge in [-0.1, -0.05) is 6.07 Å². The average Bonchev–Trinajstić information content (AvgIpc) is 3.05. The highest BCUT2D eigenvalue weighted by molar-refractivity contribution is 5.88. The Morgan fingerprint density at radius 1 is 1.00 bits per heavy atom. The van der Waals surface area contributed by atoms with Crippen LogP contribution in [0, 0.1) is 11.6 Å². The van der Waals surface area contributed by atoms with Gasteiger partial charge >= 0.3 is 5.97 Å². The van der Waals surface area contributed by atoms with Crippen molar-refractivity contribution in [3.8, 4) is 17.2 Å². The second-order valence-electron chi connectivity index (χ2n) is 6.54. The molecule has 0 spiro atoms. The molecule has 0 fully saturated rings. The minimum atomic E-state index is -1.03. The van der Waals surface area contributed by atoms with Crippen molar-refractivity contribution < 1.29 is 28.2 Å². The quantitative estimate of drug-likeness (QED) is 0.488. The minimum Gasteiger partial charge on any atom is -0.486 e. The number of fused-ring (bicyclic) bond motifs is 1. The molecule has 0 saturated heterocycles. The fraction of sp³-hybridized carbons (Fsp3) is 0.0909. The zero-order chi connectivity index (χ0) is 21.3. The normalized spacial score (nSPS) is 10.9.